The van der Waals surface area contributed by atoms with Gasteiger partial charge in [0.05, 0.1) is 5.41 Å². The van der Waals surface area contributed by atoms with Crippen molar-refractivity contribution in [2.24, 2.45) is 5.41 Å². The third-order valence-electron chi connectivity index (χ3n) is 2.90. The zero-order valence-corrected chi connectivity index (χ0v) is 8.10. The molecule has 1 fully saturated rings. The van der Waals surface area contributed by atoms with Gasteiger partial charge in [0.15, 0.2) is 0 Å². The van der Waals surface area contributed by atoms with Crippen LogP contribution in [-0.4, -0.2) is 21.3 Å². The second-order valence-corrected chi connectivity index (χ2v) is 4.08. The molecule has 0 bridgehead atoms. The van der Waals surface area contributed by atoms with Gasteiger partial charge in [-0.3, -0.25) is 4.79 Å². The van der Waals surface area contributed by atoms with E-state index in [9.17, 15) is 15.0 Å². The number of aromatic hydroxyl groups is 2. The molecule has 1 aromatic rings. The van der Waals surface area contributed by atoms with Crippen molar-refractivity contribution < 1.29 is 20.1 Å². The molecule has 0 unspecified atom stereocenters. The molecule has 0 aromatic heterocycles. The summed E-state index contributed by atoms with van der Waals surface area (Å²) in [6, 6.07) is 4.17. The van der Waals surface area contributed by atoms with Crippen molar-refractivity contribution in [3.8, 4) is 11.5 Å². The summed E-state index contributed by atoms with van der Waals surface area (Å²) in [6.07, 6.45) is 1.55. The quantitative estimate of drug-likeness (QED) is 0.658. The van der Waals surface area contributed by atoms with Crippen LogP contribution in [0.25, 0.3) is 0 Å². The van der Waals surface area contributed by atoms with Crippen LogP contribution in [-0.2, 0) is 11.2 Å². The Morgan fingerprint density at radius 2 is 2.00 bits per heavy atom. The van der Waals surface area contributed by atoms with Gasteiger partial charge >= 0.3 is 5.97 Å². The number of phenolic OH excluding ortho intramolecular Hbond substituents is 2. The fourth-order valence-corrected chi connectivity index (χ4v) is 1.70. The molecular weight excluding hydrogens is 196 g/mol. The summed E-state index contributed by atoms with van der Waals surface area (Å²) in [5.41, 5.74) is -0.222. The second kappa shape index (κ2) is 3.15. The van der Waals surface area contributed by atoms with E-state index < -0.39 is 11.4 Å². The van der Waals surface area contributed by atoms with E-state index >= 15 is 0 Å². The minimum absolute atomic E-state index is 0.0420. The average Bonchev–Trinajstić information content (AvgIpc) is 2.92. The van der Waals surface area contributed by atoms with E-state index in [1.54, 1.807) is 0 Å². The molecule has 0 spiro atoms. The molecule has 80 valence electrons. The largest absolute Gasteiger partial charge is 0.508 e. The lowest BCUT2D eigenvalue weighted by Gasteiger charge is -2.11. The van der Waals surface area contributed by atoms with Crippen LogP contribution in [0, 0.1) is 5.41 Å². The second-order valence-electron chi connectivity index (χ2n) is 4.08. The van der Waals surface area contributed by atoms with Gasteiger partial charge in [0.1, 0.15) is 11.5 Å². The van der Waals surface area contributed by atoms with E-state index in [1.807, 2.05) is 0 Å². The van der Waals surface area contributed by atoms with Gasteiger partial charge in [-0.2, -0.15) is 0 Å². The maximum atomic E-state index is 10.9. The molecule has 15 heavy (non-hydrogen) atoms. The molecule has 0 atom stereocenters. The Labute approximate surface area is 86.8 Å². The molecule has 1 aromatic carbocycles. The van der Waals surface area contributed by atoms with Gasteiger partial charge < -0.3 is 15.3 Å². The number of carboxylic acid groups (broad SMARTS) is 1. The summed E-state index contributed by atoms with van der Waals surface area (Å²) in [5.74, 6) is -0.741. The summed E-state index contributed by atoms with van der Waals surface area (Å²) >= 11 is 0. The molecule has 3 N–H and O–H groups in total. The van der Waals surface area contributed by atoms with E-state index in [-0.39, 0.29) is 17.9 Å². The number of rotatable bonds is 3. The summed E-state index contributed by atoms with van der Waals surface area (Å²) < 4.78 is 0. The van der Waals surface area contributed by atoms with E-state index in [1.165, 1.54) is 18.2 Å². The molecule has 1 aliphatic carbocycles. The van der Waals surface area contributed by atoms with Crippen LogP contribution < -0.4 is 0 Å². The first-order valence-electron chi connectivity index (χ1n) is 4.78. The molecule has 4 heteroatoms. The summed E-state index contributed by atoms with van der Waals surface area (Å²) in [4.78, 5) is 10.9. The fourth-order valence-electron chi connectivity index (χ4n) is 1.70. The number of carboxylic acids is 1. The van der Waals surface area contributed by atoms with Gasteiger partial charge in [-0.25, -0.2) is 0 Å². The lowest BCUT2D eigenvalue weighted by Crippen LogP contribution is -2.17. The zero-order chi connectivity index (χ0) is 11.1. The van der Waals surface area contributed by atoms with E-state index in [4.69, 9.17) is 5.11 Å². The Kier molecular flexibility index (Phi) is 2.07. The van der Waals surface area contributed by atoms with Crippen LogP contribution in [0.3, 0.4) is 0 Å². The first kappa shape index (κ1) is 9.83. The smallest absolute Gasteiger partial charge is 0.309 e. The van der Waals surface area contributed by atoms with Crippen LogP contribution in [0.2, 0.25) is 0 Å². The van der Waals surface area contributed by atoms with Crippen LogP contribution in [0.4, 0.5) is 0 Å². The number of hydrogen-bond donors (Lipinski definition) is 3. The van der Waals surface area contributed by atoms with Gasteiger partial charge in [-0.1, -0.05) is 0 Å². The first-order chi connectivity index (χ1) is 7.03. The van der Waals surface area contributed by atoms with Gasteiger partial charge in [-0.15, -0.1) is 0 Å². The van der Waals surface area contributed by atoms with Crippen LogP contribution in [0.1, 0.15) is 18.4 Å². The highest BCUT2D eigenvalue weighted by Crippen LogP contribution is 2.49. The Hall–Kier alpha value is -1.71. The number of hydrogen-bond acceptors (Lipinski definition) is 3. The zero-order valence-electron chi connectivity index (χ0n) is 8.10. The van der Waals surface area contributed by atoms with Crippen molar-refractivity contribution >= 4 is 5.97 Å². The molecule has 0 aliphatic heterocycles. The molecule has 0 heterocycles. The fraction of sp³-hybridized carbons (Fsp3) is 0.364. The highest BCUT2D eigenvalue weighted by atomic mass is 16.4. The van der Waals surface area contributed by atoms with E-state index in [2.05, 4.69) is 0 Å². The maximum Gasteiger partial charge on any atom is 0.309 e. The molecular formula is C11H12O4. The van der Waals surface area contributed by atoms with Gasteiger partial charge in [0.2, 0.25) is 0 Å². The Bertz CT molecular complexity index is 407. The van der Waals surface area contributed by atoms with E-state index in [0.29, 0.717) is 18.4 Å². The van der Waals surface area contributed by atoms with Crippen molar-refractivity contribution in [2.45, 2.75) is 19.3 Å². The number of carbonyl (C=O) groups is 1. The highest BCUT2D eigenvalue weighted by molar-refractivity contribution is 5.78. The number of phenols is 2. The van der Waals surface area contributed by atoms with Crippen LogP contribution >= 0.6 is 0 Å². The third kappa shape index (κ3) is 1.75. The SMILES string of the molecule is O=C(O)C1(Cc2cc(O)ccc2O)CC1. The van der Waals surface area contributed by atoms with Crippen molar-refractivity contribution in [2.75, 3.05) is 0 Å². The highest BCUT2D eigenvalue weighted by Gasteiger charge is 2.50. The van der Waals surface area contributed by atoms with Gasteiger partial charge in [0, 0.05) is 0 Å². The third-order valence-corrected chi connectivity index (χ3v) is 2.90. The summed E-state index contributed by atoms with van der Waals surface area (Å²) in [6.45, 7) is 0. The molecule has 1 saturated carbocycles. The normalized spacial score (nSPS) is 17.3. The Morgan fingerprint density at radius 1 is 1.33 bits per heavy atom. The molecule has 0 radical (unpaired) electrons. The topological polar surface area (TPSA) is 77.8 Å². The monoisotopic (exact) mass is 208 g/mol. The van der Waals surface area contributed by atoms with Crippen LogP contribution in [0.15, 0.2) is 18.2 Å². The molecule has 0 amide bonds. The maximum absolute atomic E-state index is 10.9. The van der Waals surface area contributed by atoms with Gasteiger partial charge in [-0.05, 0) is 43.0 Å². The minimum atomic E-state index is -0.828. The lowest BCUT2D eigenvalue weighted by molar-refractivity contribution is -0.143. The van der Waals surface area contributed by atoms with Crippen LogP contribution in [0.5, 0.6) is 11.5 Å². The van der Waals surface area contributed by atoms with Crippen molar-refractivity contribution in [3.05, 3.63) is 23.8 Å². The standard InChI is InChI=1S/C11H12O4/c12-8-1-2-9(13)7(5-8)6-11(3-4-11)10(14)15/h1-2,5,12-13H,3-4,6H2,(H,14,15). The molecule has 2 rings (SSSR count). The van der Waals surface area contributed by atoms with Crippen molar-refractivity contribution in [1.29, 1.82) is 0 Å². The van der Waals surface area contributed by atoms with E-state index in [0.717, 1.165) is 0 Å². The Balaban J connectivity index is 2.24. The first-order valence-corrected chi connectivity index (χ1v) is 4.78. The van der Waals surface area contributed by atoms with Gasteiger partial charge in [0.25, 0.3) is 0 Å². The minimum Gasteiger partial charge on any atom is -0.508 e. The summed E-state index contributed by atoms with van der Waals surface area (Å²) in [7, 11) is 0. The van der Waals surface area contributed by atoms with Crippen molar-refractivity contribution in [1.82, 2.24) is 0 Å². The predicted octanol–water partition coefficient (Wildman–Crippen LogP) is 1.51. The molecule has 4 nitrogen and oxygen atoms in total. The Morgan fingerprint density at radius 3 is 2.53 bits per heavy atom. The molecule has 1 aliphatic rings. The lowest BCUT2D eigenvalue weighted by atomic mass is 9.96. The van der Waals surface area contributed by atoms with Crippen molar-refractivity contribution in [3.63, 3.8) is 0 Å². The number of benzene rings is 1. The average molecular weight is 208 g/mol. The number of aliphatic carboxylic acids is 1. The molecule has 0 saturated heterocycles. The predicted molar refractivity (Wildman–Crippen MR) is 52.8 cm³/mol. The summed E-state index contributed by atoms with van der Waals surface area (Å²) in [5, 5.41) is 27.7.